The first-order valence-electron chi connectivity index (χ1n) is 9.47. The van der Waals surface area contributed by atoms with E-state index in [0.717, 1.165) is 25.9 Å². The minimum Gasteiger partial charge on any atom is -0.504 e. The first-order chi connectivity index (χ1) is 13.2. The Hall–Kier alpha value is -2.53. The number of benzene rings is 1. The Balaban J connectivity index is 1.75. The van der Waals surface area contributed by atoms with Crippen molar-refractivity contribution in [2.45, 2.75) is 25.8 Å². The van der Waals surface area contributed by atoms with E-state index in [1.807, 2.05) is 6.92 Å². The van der Waals surface area contributed by atoms with Gasteiger partial charge in [0.25, 0.3) is 0 Å². The molecule has 2 aromatic rings. The number of H-pyrrole nitrogens is 1. The van der Waals surface area contributed by atoms with Crippen LogP contribution in [0, 0.1) is 5.92 Å². The molecule has 3 heterocycles. The standard InChI is InChI=1S/C22H26N2O3/c1-4-14-12-24-10-9-16-15-7-5-6-8-19(15)23-21(16)20(24)11-17(14)18(13-26-2)22(25)27-3/h4-8,13,17,20,23H,9-12H2,1-3H3/b14-4-,18-13+/t17-,20-/m0/s1. The lowest BCUT2D eigenvalue weighted by Crippen LogP contribution is -2.43. The SMILES string of the molecule is C/C=C1/CN2CCc3c([nH]c4ccccc34)[C@@H]2C[C@@H]1/C(=C\OC)C(=O)OC. The number of para-hydroxylation sites is 1. The predicted molar refractivity (Wildman–Crippen MR) is 105 cm³/mol. The highest BCUT2D eigenvalue weighted by Gasteiger charge is 2.40. The molecular formula is C22H26N2O3. The van der Waals surface area contributed by atoms with Crippen molar-refractivity contribution < 1.29 is 14.3 Å². The van der Waals surface area contributed by atoms with Crippen molar-refractivity contribution in [2.75, 3.05) is 27.3 Å². The highest BCUT2D eigenvalue weighted by Crippen LogP contribution is 2.44. The van der Waals surface area contributed by atoms with E-state index in [2.05, 4.69) is 40.2 Å². The Kier molecular flexibility index (Phi) is 4.79. The maximum atomic E-state index is 12.4. The molecule has 1 aromatic carbocycles. The normalized spacial score (nSPS) is 24.6. The van der Waals surface area contributed by atoms with Crippen molar-refractivity contribution >= 4 is 16.9 Å². The van der Waals surface area contributed by atoms with Crippen LogP contribution in [0.5, 0.6) is 0 Å². The second kappa shape index (κ2) is 7.24. The molecule has 2 atom stereocenters. The van der Waals surface area contributed by atoms with Crippen LogP contribution in [0.4, 0.5) is 0 Å². The summed E-state index contributed by atoms with van der Waals surface area (Å²) in [6.07, 6.45) is 5.57. The molecule has 0 unspecified atom stereocenters. The fourth-order valence-corrected chi connectivity index (χ4v) is 4.68. The van der Waals surface area contributed by atoms with Gasteiger partial charge in [0.1, 0.15) is 0 Å². The van der Waals surface area contributed by atoms with Crippen molar-refractivity contribution in [1.82, 2.24) is 9.88 Å². The molecule has 27 heavy (non-hydrogen) atoms. The number of methoxy groups -OCH3 is 2. The zero-order valence-corrected chi connectivity index (χ0v) is 16.1. The number of rotatable bonds is 3. The third-order valence-electron chi connectivity index (χ3n) is 5.97. The van der Waals surface area contributed by atoms with E-state index in [4.69, 9.17) is 9.47 Å². The maximum absolute atomic E-state index is 12.4. The molecule has 0 bridgehead atoms. The third kappa shape index (κ3) is 2.96. The summed E-state index contributed by atoms with van der Waals surface area (Å²) >= 11 is 0. The average Bonchev–Trinajstić information content (AvgIpc) is 3.09. The number of nitrogens with one attached hydrogen (secondary N) is 1. The zero-order chi connectivity index (χ0) is 19.0. The van der Waals surface area contributed by atoms with Gasteiger partial charge in [-0.3, -0.25) is 4.90 Å². The zero-order valence-electron chi connectivity index (χ0n) is 16.1. The van der Waals surface area contributed by atoms with E-state index in [1.54, 1.807) is 13.4 Å². The van der Waals surface area contributed by atoms with E-state index in [1.165, 1.54) is 34.8 Å². The van der Waals surface area contributed by atoms with Gasteiger partial charge in [0.2, 0.25) is 0 Å². The van der Waals surface area contributed by atoms with Crippen molar-refractivity contribution in [3.8, 4) is 0 Å². The minimum absolute atomic E-state index is 0.000937. The summed E-state index contributed by atoms with van der Waals surface area (Å²) in [5.74, 6) is -0.316. The van der Waals surface area contributed by atoms with E-state index in [-0.39, 0.29) is 17.9 Å². The van der Waals surface area contributed by atoms with Gasteiger partial charge in [-0.1, -0.05) is 29.8 Å². The molecule has 4 rings (SSSR count). The predicted octanol–water partition coefficient (Wildman–Crippen LogP) is 3.74. The van der Waals surface area contributed by atoms with Crippen LogP contribution in [-0.4, -0.2) is 43.2 Å². The molecule has 1 N–H and O–H groups in total. The monoisotopic (exact) mass is 366 g/mol. The number of piperidine rings is 1. The van der Waals surface area contributed by atoms with Crippen LogP contribution >= 0.6 is 0 Å². The van der Waals surface area contributed by atoms with Gasteiger partial charge in [-0.05, 0) is 31.4 Å². The van der Waals surface area contributed by atoms with E-state index in [0.29, 0.717) is 5.57 Å². The van der Waals surface area contributed by atoms with Crippen LogP contribution < -0.4 is 0 Å². The van der Waals surface area contributed by atoms with Crippen LogP contribution in [0.25, 0.3) is 10.9 Å². The Morgan fingerprint density at radius 3 is 2.85 bits per heavy atom. The number of aromatic nitrogens is 1. The largest absolute Gasteiger partial charge is 0.504 e. The molecule has 2 aliphatic heterocycles. The van der Waals surface area contributed by atoms with E-state index in [9.17, 15) is 4.79 Å². The van der Waals surface area contributed by atoms with Crippen molar-refractivity contribution in [1.29, 1.82) is 0 Å². The number of carbonyl (C=O) groups is 1. The van der Waals surface area contributed by atoms with Gasteiger partial charge < -0.3 is 14.5 Å². The summed E-state index contributed by atoms with van der Waals surface area (Å²) in [4.78, 5) is 18.6. The number of esters is 1. The number of hydrogen-bond donors (Lipinski definition) is 1. The van der Waals surface area contributed by atoms with Crippen molar-refractivity contribution in [3.63, 3.8) is 0 Å². The van der Waals surface area contributed by atoms with E-state index >= 15 is 0 Å². The molecule has 5 nitrogen and oxygen atoms in total. The van der Waals surface area contributed by atoms with Gasteiger partial charge >= 0.3 is 5.97 Å². The molecular weight excluding hydrogens is 340 g/mol. The van der Waals surface area contributed by atoms with Crippen LogP contribution in [0.3, 0.4) is 0 Å². The molecule has 142 valence electrons. The Morgan fingerprint density at radius 2 is 2.11 bits per heavy atom. The van der Waals surface area contributed by atoms with Crippen LogP contribution in [-0.2, 0) is 20.7 Å². The minimum atomic E-state index is -0.317. The molecule has 2 aliphatic rings. The molecule has 1 aromatic heterocycles. The van der Waals surface area contributed by atoms with Gasteiger partial charge in [0, 0.05) is 35.6 Å². The summed E-state index contributed by atoms with van der Waals surface area (Å²) in [6, 6.07) is 8.77. The van der Waals surface area contributed by atoms with Gasteiger partial charge in [0.15, 0.2) is 0 Å². The van der Waals surface area contributed by atoms with Gasteiger partial charge in [-0.2, -0.15) is 0 Å². The topological polar surface area (TPSA) is 54.6 Å². The van der Waals surface area contributed by atoms with Gasteiger partial charge in [-0.15, -0.1) is 0 Å². The average molecular weight is 366 g/mol. The molecule has 0 spiro atoms. The summed E-state index contributed by atoms with van der Waals surface area (Å²) in [7, 11) is 3.00. The first-order valence-corrected chi connectivity index (χ1v) is 9.47. The van der Waals surface area contributed by atoms with Gasteiger partial charge in [0.05, 0.1) is 32.1 Å². The lowest BCUT2D eigenvalue weighted by molar-refractivity contribution is -0.137. The van der Waals surface area contributed by atoms with Crippen LogP contribution in [0.1, 0.15) is 30.6 Å². The summed E-state index contributed by atoms with van der Waals surface area (Å²) in [5, 5.41) is 1.32. The number of aromatic amines is 1. The third-order valence-corrected chi connectivity index (χ3v) is 5.97. The van der Waals surface area contributed by atoms with Crippen molar-refractivity contribution in [2.24, 2.45) is 5.92 Å². The molecule has 5 heteroatoms. The Morgan fingerprint density at radius 1 is 1.30 bits per heavy atom. The van der Waals surface area contributed by atoms with E-state index < -0.39 is 0 Å². The molecule has 1 fully saturated rings. The van der Waals surface area contributed by atoms with Crippen LogP contribution in [0.15, 0.2) is 47.7 Å². The maximum Gasteiger partial charge on any atom is 0.337 e. The number of ether oxygens (including phenoxy) is 2. The highest BCUT2D eigenvalue weighted by molar-refractivity contribution is 5.89. The first kappa shape index (κ1) is 17.9. The second-order valence-corrected chi connectivity index (χ2v) is 7.25. The highest BCUT2D eigenvalue weighted by atomic mass is 16.5. The molecule has 0 aliphatic carbocycles. The quantitative estimate of drug-likeness (QED) is 0.389. The van der Waals surface area contributed by atoms with Gasteiger partial charge in [-0.25, -0.2) is 4.79 Å². The summed E-state index contributed by atoms with van der Waals surface area (Å²) in [5.41, 5.74) is 5.75. The molecule has 1 saturated heterocycles. The number of fused-ring (bicyclic) bond motifs is 5. The Bertz CT molecular complexity index is 925. The summed E-state index contributed by atoms with van der Waals surface area (Å²) < 4.78 is 10.2. The summed E-state index contributed by atoms with van der Waals surface area (Å²) in [6.45, 7) is 3.94. The molecule has 0 amide bonds. The Labute approximate surface area is 159 Å². The molecule has 0 radical (unpaired) electrons. The fourth-order valence-electron chi connectivity index (χ4n) is 4.68. The number of carbonyl (C=O) groups excluding carboxylic acids is 1. The lowest BCUT2D eigenvalue weighted by Gasteiger charge is -2.44. The fraction of sp³-hybridized carbons (Fsp3) is 0.409. The lowest BCUT2D eigenvalue weighted by atomic mass is 9.78. The number of nitrogens with zero attached hydrogens (tertiary/aromatic N) is 1. The van der Waals surface area contributed by atoms with Crippen LogP contribution in [0.2, 0.25) is 0 Å². The number of allylic oxidation sites excluding steroid dienone is 1. The smallest absolute Gasteiger partial charge is 0.337 e. The second-order valence-electron chi connectivity index (χ2n) is 7.25. The van der Waals surface area contributed by atoms with Crippen molar-refractivity contribution in [3.05, 3.63) is 59.0 Å². The number of hydrogen-bond acceptors (Lipinski definition) is 4. The molecule has 0 saturated carbocycles.